The van der Waals surface area contributed by atoms with Crippen molar-refractivity contribution in [3.8, 4) is 5.75 Å². The number of nitrogens with zero attached hydrogens (tertiary/aromatic N) is 1. The van der Waals surface area contributed by atoms with E-state index in [0.717, 1.165) is 16.9 Å². The number of esters is 1. The quantitative estimate of drug-likeness (QED) is 0.581. The number of carbonyl (C=O) groups excluding carboxylic acids is 2. The predicted molar refractivity (Wildman–Crippen MR) is 107 cm³/mol. The number of carbonyl (C=O) groups is 2. The third kappa shape index (κ3) is 3.56. The lowest BCUT2D eigenvalue weighted by Gasteiger charge is -2.26. The molecule has 0 saturated carbocycles. The lowest BCUT2D eigenvalue weighted by Crippen LogP contribution is -2.28. The number of hydrogen-bond donors (Lipinski definition) is 0. The van der Waals surface area contributed by atoms with Gasteiger partial charge in [-0.3, -0.25) is 4.79 Å². The number of amides is 1. The van der Waals surface area contributed by atoms with Gasteiger partial charge < -0.3 is 14.4 Å². The van der Waals surface area contributed by atoms with Gasteiger partial charge >= 0.3 is 5.97 Å². The third-order valence-corrected chi connectivity index (χ3v) is 4.93. The molecule has 0 bridgehead atoms. The average molecular weight is 377 g/mol. The Balaban J connectivity index is 2.05. The monoisotopic (exact) mass is 377 g/mol. The molecule has 2 aromatic rings. The molecule has 1 heterocycles. The minimum atomic E-state index is -0.520. The fourth-order valence-electron chi connectivity index (χ4n) is 3.41. The normalized spacial score (nSPS) is 16.5. The fourth-order valence-corrected chi connectivity index (χ4v) is 3.41. The smallest absolute Gasteiger partial charge is 0.340 e. The predicted octanol–water partition coefficient (Wildman–Crippen LogP) is 4.13. The van der Waals surface area contributed by atoms with Crippen molar-refractivity contribution in [1.82, 2.24) is 4.90 Å². The highest BCUT2D eigenvalue weighted by molar-refractivity contribution is 6.16. The van der Waals surface area contributed by atoms with Gasteiger partial charge in [-0.15, -0.1) is 0 Å². The van der Waals surface area contributed by atoms with Gasteiger partial charge in [0.15, 0.2) is 0 Å². The molecule has 0 spiro atoms. The molecule has 0 N–H and O–H groups in total. The van der Waals surface area contributed by atoms with Gasteiger partial charge in [-0.2, -0.15) is 0 Å². The van der Waals surface area contributed by atoms with E-state index in [1.807, 2.05) is 61.5 Å². The van der Waals surface area contributed by atoms with Crippen LogP contribution in [0.2, 0.25) is 0 Å². The first kappa shape index (κ1) is 19.4. The lowest BCUT2D eigenvalue weighted by atomic mass is 10.0. The topological polar surface area (TPSA) is 55.8 Å². The van der Waals surface area contributed by atoms with Crippen LogP contribution in [0.5, 0.6) is 5.75 Å². The summed E-state index contributed by atoms with van der Waals surface area (Å²) in [6.07, 6.45) is 1.72. The second-order valence-electron chi connectivity index (χ2n) is 6.54. The second kappa shape index (κ2) is 8.13. The lowest BCUT2D eigenvalue weighted by molar-refractivity contribution is -0.136. The maximum absolute atomic E-state index is 13.3. The second-order valence-corrected chi connectivity index (χ2v) is 6.54. The molecule has 5 heteroatoms. The van der Waals surface area contributed by atoms with E-state index in [-0.39, 0.29) is 11.9 Å². The van der Waals surface area contributed by atoms with Gasteiger partial charge in [-0.05, 0) is 43.2 Å². The van der Waals surface area contributed by atoms with Gasteiger partial charge in [0.05, 0.1) is 31.4 Å². The van der Waals surface area contributed by atoms with Crippen molar-refractivity contribution in [2.75, 3.05) is 14.2 Å². The van der Waals surface area contributed by atoms with Crippen molar-refractivity contribution >= 4 is 18.0 Å². The molecule has 5 nitrogen and oxygen atoms in total. The van der Waals surface area contributed by atoms with Crippen molar-refractivity contribution in [1.29, 1.82) is 0 Å². The van der Waals surface area contributed by atoms with Crippen LogP contribution in [0.1, 0.15) is 31.0 Å². The molecule has 0 radical (unpaired) electrons. The molecule has 1 amide bonds. The van der Waals surface area contributed by atoms with E-state index < -0.39 is 5.97 Å². The largest absolute Gasteiger partial charge is 0.497 e. The van der Waals surface area contributed by atoms with E-state index in [0.29, 0.717) is 16.8 Å². The van der Waals surface area contributed by atoms with Crippen molar-refractivity contribution < 1.29 is 19.1 Å². The zero-order chi connectivity index (χ0) is 20.3. The zero-order valence-corrected chi connectivity index (χ0v) is 16.4. The molecule has 28 heavy (non-hydrogen) atoms. The number of allylic oxidation sites excluding steroid dienone is 1. The summed E-state index contributed by atoms with van der Waals surface area (Å²) in [6, 6.07) is 16.8. The van der Waals surface area contributed by atoms with Crippen LogP contribution in [0, 0.1) is 0 Å². The molecule has 1 aliphatic heterocycles. The molecular formula is C23H23NO4. The first-order valence-corrected chi connectivity index (χ1v) is 9.01. The number of methoxy groups -OCH3 is 2. The summed E-state index contributed by atoms with van der Waals surface area (Å²) in [5.41, 5.74) is 3.01. The van der Waals surface area contributed by atoms with E-state index in [9.17, 15) is 9.59 Å². The van der Waals surface area contributed by atoms with Crippen molar-refractivity contribution in [2.45, 2.75) is 19.9 Å². The minimum absolute atomic E-state index is 0.213. The van der Waals surface area contributed by atoms with E-state index in [1.54, 1.807) is 25.0 Å². The summed E-state index contributed by atoms with van der Waals surface area (Å²) in [4.78, 5) is 27.4. The van der Waals surface area contributed by atoms with Gasteiger partial charge in [0.25, 0.3) is 5.91 Å². The third-order valence-electron chi connectivity index (χ3n) is 4.93. The Labute approximate surface area is 164 Å². The summed E-state index contributed by atoms with van der Waals surface area (Å²) in [5.74, 6) is -0.0161. The Morgan fingerprint density at radius 3 is 2.25 bits per heavy atom. The summed E-state index contributed by atoms with van der Waals surface area (Å²) in [5, 5.41) is 0. The van der Waals surface area contributed by atoms with Crippen molar-refractivity contribution in [3.63, 3.8) is 0 Å². The maximum Gasteiger partial charge on any atom is 0.340 e. The Bertz CT molecular complexity index is 942. The average Bonchev–Trinajstić information content (AvgIpc) is 2.97. The molecule has 1 aliphatic rings. The van der Waals surface area contributed by atoms with Crippen LogP contribution in [0.15, 0.2) is 71.4 Å². The fraction of sp³-hybridized carbons (Fsp3) is 0.217. The Morgan fingerprint density at radius 1 is 1.04 bits per heavy atom. The Morgan fingerprint density at radius 2 is 1.68 bits per heavy atom. The number of ether oxygens (including phenoxy) is 2. The zero-order valence-electron chi connectivity index (χ0n) is 16.4. The molecular weight excluding hydrogens is 354 g/mol. The summed E-state index contributed by atoms with van der Waals surface area (Å²) in [7, 11) is 2.92. The summed E-state index contributed by atoms with van der Waals surface area (Å²) < 4.78 is 10.1. The summed E-state index contributed by atoms with van der Waals surface area (Å²) >= 11 is 0. The maximum atomic E-state index is 13.3. The van der Waals surface area contributed by atoms with Crippen LogP contribution in [-0.2, 0) is 14.3 Å². The van der Waals surface area contributed by atoms with Crippen molar-refractivity contribution in [3.05, 3.63) is 82.6 Å². The Kier molecular flexibility index (Phi) is 5.64. The Hall–Kier alpha value is -3.34. The number of hydrogen-bond acceptors (Lipinski definition) is 4. The van der Waals surface area contributed by atoms with E-state index >= 15 is 0 Å². The molecule has 0 fully saturated rings. The number of benzene rings is 2. The van der Waals surface area contributed by atoms with Crippen LogP contribution in [0.3, 0.4) is 0 Å². The minimum Gasteiger partial charge on any atom is -0.497 e. The van der Waals surface area contributed by atoms with Gasteiger partial charge in [-0.1, -0.05) is 42.5 Å². The standard InChI is InChI=1S/C23H23NO4/c1-15(18-8-6-5-7-9-18)24-16(2)21(23(26)28-4)20(22(24)25)14-17-10-12-19(27-3)13-11-17/h5-15H,1-4H3. The molecule has 0 aliphatic carbocycles. The molecule has 144 valence electrons. The molecule has 1 unspecified atom stereocenters. The van der Waals surface area contributed by atoms with Crippen LogP contribution in [0.4, 0.5) is 0 Å². The molecule has 2 aromatic carbocycles. The summed E-state index contributed by atoms with van der Waals surface area (Å²) in [6.45, 7) is 3.72. The van der Waals surface area contributed by atoms with Crippen LogP contribution >= 0.6 is 0 Å². The molecule has 0 saturated heterocycles. The van der Waals surface area contributed by atoms with Gasteiger partial charge in [0.2, 0.25) is 0 Å². The van der Waals surface area contributed by atoms with Gasteiger partial charge in [0, 0.05) is 5.70 Å². The van der Waals surface area contributed by atoms with E-state index in [1.165, 1.54) is 7.11 Å². The van der Waals surface area contributed by atoms with Crippen LogP contribution < -0.4 is 4.74 Å². The molecule has 1 atom stereocenters. The van der Waals surface area contributed by atoms with Crippen LogP contribution in [0.25, 0.3) is 6.08 Å². The highest BCUT2D eigenvalue weighted by Crippen LogP contribution is 2.37. The van der Waals surface area contributed by atoms with Gasteiger partial charge in [0.1, 0.15) is 5.75 Å². The van der Waals surface area contributed by atoms with E-state index in [4.69, 9.17) is 9.47 Å². The SMILES string of the molecule is COC(=O)C1=C(C)N(C(C)c2ccccc2)C(=O)C1=Cc1ccc(OC)cc1. The van der Waals surface area contributed by atoms with Crippen molar-refractivity contribution in [2.24, 2.45) is 0 Å². The van der Waals surface area contributed by atoms with E-state index in [2.05, 4.69) is 0 Å². The number of rotatable bonds is 5. The molecule has 3 rings (SSSR count). The van der Waals surface area contributed by atoms with Gasteiger partial charge in [-0.25, -0.2) is 4.79 Å². The van der Waals surface area contributed by atoms with Crippen LogP contribution in [-0.4, -0.2) is 31.0 Å². The first-order valence-electron chi connectivity index (χ1n) is 9.01. The first-order chi connectivity index (χ1) is 13.5. The molecule has 0 aromatic heterocycles. The highest BCUT2D eigenvalue weighted by Gasteiger charge is 2.39. The highest BCUT2D eigenvalue weighted by atomic mass is 16.5.